The highest BCUT2D eigenvalue weighted by molar-refractivity contribution is 14.1. The van der Waals surface area contributed by atoms with Gasteiger partial charge in [0.25, 0.3) is 0 Å². The van der Waals surface area contributed by atoms with Gasteiger partial charge in [-0.2, -0.15) is 0 Å². The smallest absolute Gasteiger partial charge is 0.188 e. The molecule has 0 aliphatic heterocycles. The van der Waals surface area contributed by atoms with Gasteiger partial charge in [-0.05, 0) is 34.7 Å². The summed E-state index contributed by atoms with van der Waals surface area (Å²) in [5, 5.41) is 0. The zero-order valence-electron chi connectivity index (χ0n) is 7.33. The summed E-state index contributed by atoms with van der Waals surface area (Å²) in [5.41, 5.74) is 0. The van der Waals surface area contributed by atoms with Gasteiger partial charge < -0.3 is 14.2 Å². The van der Waals surface area contributed by atoms with E-state index in [9.17, 15) is 0 Å². The lowest BCUT2D eigenvalue weighted by molar-refractivity contribution is 0.0491. The number of hydrogen-bond acceptors (Lipinski definition) is 3. The summed E-state index contributed by atoms with van der Waals surface area (Å²) in [6.45, 7) is 0.238. The molecular formula is C9H11IO3. The molecule has 0 bridgehead atoms. The molecule has 13 heavy (non-hydrogen) atoms. The number of benzene rings is 1. The Bertz CT molecular complexity index is 252. The Balaban J connectivity index is 2.66. The van der Waals surface area contributed by atoms with E-state index >= 15 is 0 Å². The third kappa shape index (κ3) is 3.40. The predicted molar refractivity (Wildman–Crippen MR) is 58.5 cm³/mol. The lowest BCUT2D eigenvalue weighted by Gasteiger charge is -2.09. The molecule has 0 aromatic heterocycles. The maximum absolute atomic E-state index is 5.34. The zero-order valence-corrected chi connectivity index (χ0v) is 9.48. The van der Waals surface area contributed by atoms with Crippen LogP contribution in [0.2, 0.25) is 0 Å². The van der Waals surface area contributed by atoms with E-state index in [4.69, 9.17) is 14.2 Å². The number of rotatable bonds is 5. The van der Waals surface area contributed by atoms with Gasteiger partial charge >= 0.3 is 0 Å². The molecule has 1 rings (SSSR count). The van der Waals surface area contributed by atoms with Crippen molar-refractivity contribution >= 4 is 22.6 Å². The number of methoxy groups -OCH3 is 1. The molecule has 0 atom stereocenters. The monoisotopic (exact) mass is 294 g/mol. The summed E-state index contributed by atoms with van der Waals surface area (Å²) < 4.78 is 16.0. The maximum Gasteiger partial charge on any atom is 0.188 e. The molecular weight excluding hydrogens is 283 g/mol. The summed E-state index contributed by atoms with van der Waals surface area (Å²) in [4.78, 5) is 0. The normalized spacial score (nSPS) is 9.69. The van der Waals surface area contributed by atoms with Crippen molar-refractivity contribution in [2.24, 2.45) is 0 Å². The molecule has 0 unspecified atom stereocenters. The highest BCUT2D eigenvalue weighted by Gasteiger charge is 2.01. The van der Waals surface area contributed by atoms with E-state index < -0.39 is 0 Å². The molecule has 4 heteroatoms. The van der Waals surface area contributed by atoms with Crippen molar-refractivity contribution in [2.45, 2.75) is 0 Å². The van der Waals surface area contributed by atoms with E-state index in [0.717, 1.165) is 5.75 Å². The minimum Gasteiger partial charge on any atom is -0.479 e. The van der Waals surface area contributed by atoms with Crippen molar-refractivity contribution in [2.75, 3.05) is 18.5 Å². The Morgan fingerprint density at radius 3 is 2.31 bits per heavy atom. The van der Waals surface area contributed by atoms with Gasteiger partial charge in [-0.25, -0.2) is 0 Å². The highest BCUT2D eigenvalue weighted by Crippen LogP contribution is 2.26. The number of para-hydroxylation sites is 2. The zero-order chi connectivity index (χ0) is 9.52. The number of ether oxygens (including phenoxy) is 3. The fourth-order valence-electron chi connectivity index (χ4n) is 0.870. The van der Waals surface area contributed by atoms with E-state index in [1.54, 1.807) is 7.11 Å². The third-order valence-corrected chi connectivity index (χ3v) is 1.70. The minimum absolute atomic E-state index is 0.238. The van der Waals surface area contributed by atoms with Gasteiger partial charge in [-0.1, -0.05) is 12.1 Å². The molecule has 1 aromatic carbocycles. The van der Waals surface area contributed by atoms with Crippen LogP contribution in [0.1, 0.15) is 0 Å². The van der Waals surface area contributed by atoms with Crippen LogP contribution in [0.3, 0.4) is 0 Å². The van der Waals surface area contributed by atoms with Crippen molar-refractivity contribution in [1.29, 1.82) is 0 Å². The van der Waals surface area contributed by atoms with E-state index in [1.165, 1.54) is 0 Å². The molecule has 72 valence electrons. The van der Waals surface area contributed by atoms with Gasteiger partial charge in [0.2, 0.25) is 0 Å². The highest BCUT2D eigenvalue weighted by atomic mass is 127. The summed E-state index contributed by atoms with van der Waals surface area (Å²) in [5.74, 6) is 1.45. The van der Waals surface area contributed by atoms with Crippen LogP contribution in [0.4, 0.5) is 0 Å². The van der Waals surface area contributed by atoms with E-state index in [2.05, 4.69) is 22.6 Å². The molecule has 0 radical (unpaired) electrons. The van der Waals surface area contributed by atoms with Gasteiger partial charge in [0.15, 0.2) is 18.3 Å². The molecule has 0 heterocycles. The van der Waals surface area contributed by atoms with Crippen LogP contribution in [0.5, 0.6) is 11.5 Å². The topological polar surface area (TPSA) is 27.7 Å². The van der Waals surface area contributed by atoms with E-state index in [1.807, 2.05) is 24.3 Å². The fraction of sp³-hybridized carbons (Fsp3) is 0.333. The fourth-order valence-corrected chi connectivity index (χ4v) is 1.21. The second kappa shape index (κ2) is 6.04. The van der Waals surface area contributed by atoms with Crippen LogP contribution in [-0.2, 0) is 4.74 Å². The second-order valence-corrected chi connectivity index (χ2v) is 2.87. The lowest BCUT2D eigenvalue weighted by Crippen LogP contribution is -2.01. The van der Waals surface area contributed by atoms with Crippen molar-refractivity contribution in [3.63, 3.8) is 0 Å². The standard InChI is InChI=1S/C9H11IO3/c1-11-7-13-9-5-3-2-4-8(9)12-6-10/h2-5H,6-7H2,1H3. The van der Waals surface area contributed by atoms with Gasteiger partial charge in [0, 0.05) is 7.11 Å². The number of halogens is 1. The summed E-state index contributed by atoms with van der Waals surface area (Å²) in [7, 11) is 1.59. The molecule has 0 aliphatic rings. The quantitative estimate of drug-likeness (QED) is 0.474. The Labute approximate surface area is 91.1 Å². The largest absolute Gasteiger partial charge is 0.479 e. The van der Waals surface area contributed by atoms with Crippen molar-refractivity contribution in [3.05, 3.63) is 24.3 Å². The molecule has 0 aliphatic carbocycles. The summed E-state index contributed by atoms with van der Waals surface area (Å²) >= 11 is 2.14. The molecule has 0 amide bonds. The van der Waals surface area contributed by atoms with Crippen LogP contribution in [-0.4, -0.2) is 18.5 Å². The average Bonchev–Trinajstić information content (AvgIpc) is 2.17. The van der Waals surface area contributed by atoms with Crippen LogP contribution < -0.4 is 9.47 Å². The lowest BCUT2D eigenvalue weighted by atomic mass is 10.3. The molecule has 1 aromatic rings. The van der Waals surface area contributed by atoms with Gasteiger partial charge in [0.1, 0.15) is 4.61 Å². The second-order valence-electron chi connectivity index (χ2n) is 2.25. The Morgan fingerprint density at radius 1 is 1.15 bits per heavy atom. The van der Waals surface area contributed by atoms with Crippen LogP contribution in [0.25, 0.3) is 0 Å². The number of alkyl halides is 1. The first-order valence-corrected chi connectivity index (χ1v) is 5.30. The first kappa shape index (κ1) is 10.6. The van der Waals surface area contributed by atoms with Gasteiger partial charge in [0.05, 0.1) is 0 Å². The molecule has 0 saturated carbocycles. The Morgan fingerprint density at radius 2 is 1.77 bits per heavy atom. The number of hydrogen-bond donors (Lipinski definition) is 0. The molecule has 0 saturated heterocycles. The maximum atomic E-state index is 5.34. The van der Waals surface area contributed by atoms with Crippen molar-refractivity contribution in [3.8, 4) is 11.5 Å². The van der Waals surface area contributed by atoms with Gasteiger partial charge in [-0.3, -0.25) is 0 Å². The van der Waals surface area contributed by atoms with E-state index in [0.29, 0.717) is 10.4 Å². The summed E-state index contributed by atoms with van der Waals surface area (Å²) in [6, 6.07) is 7.51. The van der Waals surface area contributed by atoms with Crippen LogP contribution in [0, 0.1) is 0 Å². The van der Waals surface area contributed by atoms with E-state index in [-0.39, 0.29) is 6.79 Å². The third-order valence-electron chi connectivity index (χ3n) is 1.39. The first-order chi connectivity index (χ1) is 6.38. The molecule has 0 spiro atoms. The Kier molecular flexibility index (Phi) is 4.92. The van der Waals surface area contributed by atoms with Crippen molar-refractivity contribution in [1.82, 2.24) is 0 Å². The first-order valence-electron chi connectivity index (χ1n) is 3.78. The summed E-state index contributed by atoms with van der Waals surface area (Å²) in [6.07, 6.45) is 0. The van der Waals surface area contributed by atoms with Crippen molar-refractivity contribution < 1.29 is 14.2 Å². The van der Waals surface area contributed by atoms with Gasteiger partial charge in [-0.15, -0.1) is 0 Å². The SMILES string of the molecule is COCOc1ccccc1OCI. The molecule has 0 fully saturated rings. The minimum atomic E-state index is 0.238. The molecule has 0 N–H and O–H groups in total. The average molecular weight is 294 g/mol. The Hall–Kier alpha value is -0.490. The van der Waals surface area contributed by atoms with Crippen LogP contribution >= 0.6 is 22.6 Å². The predicted octanol–water partition coefficient (Wildman–Crippen LogP) is 2.44. The van der Waals surface area contributed by atoms with Crippen LogP contribution in [0.15, 0.2) is 24.3 Å². The molecule has 3 nitrogen and oxygen atoms in total.